The average Bonchev–Trinajstić information content (AvgIpc) is 3.05. The summed E-state index contributed by atoms with van der Waals surface area (Å²) in [6.45, 7) is 8.37. The zero-order valence-corrected chi connectivity index (χ0v) is 24.2. The van der Waals surface area contributed by atoms with Gasteiger partial charge in [0.1, 0.15) is 0 Å². The number of nitrogens with one attached hydrogen (secondary N) is 1. The Bertz CT molecular complexity index is 1640. The number of benzene rings is 4. The second-order valence-corrected chi connectivity index (χ2v) is 14.5. The molecule has 0 radical (unpaired) electrons. The second kappa shape index (κ2) is 10.2. The molecule has 5 heteroatoms. The molecule has 6 rings (SSSR count). The maximum absolute atomic E-state index is 6.83. The Balaban J connectivity index is 1.51. The molecule has 3 nitrogen and oxygen atoms in total. The van der Waals surface area contributed by atoms with Crippen molar-refractivity contribution in [2.75, 3.05) is 0 Å². The van der Waals surface area contributed by atoms with Crippen molar-refractivity contribution >= 4 is 42.8 Å². The summed E-state index contributed by atoms with van der Waals surface area (Å²) >= 11 is 3.32. The van der Waals surface area contributed by atoms with Crippen LogP contribution in [0.1, 0.15) is 26.7 Å². The Morgan fingerprint density at radius 1 is 0.921 bits per heavy atom. The first-order chi connectivity index (χ1) is 18.5. The van der Waals surface area contributed by atoms with Gasteiger partial charge in [0.15, 0.2) is 0 Å². The first-order valence-corrected chi connectivity index (χ1v) is 16.8. The van der Waals surface area contributed by atoms with Crippen LogP contribution < -0.4 is 14.1 Å². The molecule has 190 valence electrons. The van der Waals surface area contributed by atoms with Gasteiger partial charge in [-0.05, 0) is 0 Å². The molecule has 2 aliphatic rings. The summed E-state index contributed by atoms with van der Waals surface area (Å²) in [5.41, 5.74) is 5.96. The van der Waals surface area contributed by atoms with Gasteiger partial charge < -0.3 is 0 Å². The number of fused-ring (bicyclic) bond motifs is 7. The quantitative estimate of drug-likeness (QED) is 0.145. The van der Waals surface area contributed by atoms with Crippen molar-refractivity contribution in [1.29, 1.82) is 0 Å². The van der Waals surface area contributed by atoms with E-state index < -0.39 is 6.11 Å². The standard InChI is InChI=1S/C33H30NO2PSe/c1-4-11-27(26-15-8-5-12-22(26)2)23(3)34-37(38)35-30-20-18-24-13-6-9-16-28(24)32(30)33-29-17-10-7-14-25(29)19-21-31(33)36-37/h4,6-11,13-21,23H,1,5,12H2,2-3H3,(H,34,38)/b27-11-. The van der Waals surface area contributed by atoms with Crippen molar-refractivity contribution in [2.24, 2.45) is 0 Å². The predicted molar refractivity (Wildman–Crippen MR) is 163 cm³/mol. The number of allylic oxidation sites excluding steroid dienone is 5. The fourth-order valence-corrected chi connectivity index (χ4v) is 9.11. The molecule has 0 bridgehead atoms. The van der Waals surface area contributed by atoms with Gasteiger partial charge in [-0.15, -0.1) is 0 Å². The number of hydrogen-bond acceptors (Lipinski definition) is 3. The second-order valence-electron chi connectivity index (χ2n) is 9.84. The van der Waals surface area contributed by atoms with Gasteiger partial charge in [-0.3, -0.25) is 0 Å². The van der Waals surface area contributed by atoms with Crippen molar-refractivity contribution in [2.45, 2.75) is 32.7 Å². The number of rotatable bonds is 5. The maximum atomic E-state index is 6.83. The van der Waals surface area contributed by atoms with E-state index in [1.165, 1.54) is 27.5 Å². The Morgan fingerprint density at radius 3 is 2.05 bits per heavy atom. The van der Waals surface area contributed by atoms with Crippen LogP contribution in [0.15, 0.2) is 120 Å². The van der Waals surface area contributed by atoms with Crippen molar-refractivity contribution in [3.05, 3.63) is 120 Å². The molecule has 1 atom stereocenters. The summed E-state index contributed by atoms with van der Waals surface area (Å²) in [6.07, 6.45) is 7.85. The molecule has 1 aliphatic carbocycles. The predicted octanol–water partition coefficient (Wildman–Crippen LogP) is 9.03. The van der Waals surface area contributed by atoms with Gasteiger partial charge in [0.25, 0.3) is 0 Å². The van der Waals surface area contributed by atoms with Crippen LogP contribution in [-0.2, 0) is 0 Å². The minimum absolute atomic E-state index is 0.0406. The number of hydrogen-bond donors (Lipinski definition) is 1. The van der Waals surface area contributed by atoms with E-state index in [1.54, 1.807) is 0 Å². The third-order valence-corrected chi connectivity index (χ3v) is 10.5. The topological polar surface area (TPSA) is 30.5 Å². The molecular weight excluding hydrogens is 552 g/mol. The van der Waals surface area contributed by atoms with Crippen molar-refractivity contribution < 1.29 is 9.05 Å². The monoisotopic (exact) mass is 583 g/mol. The van der Waals surface area contributed by atoms with E-state index >= 15 is 0 Å². The minimum atomic E-state index is -2.73. The molecule has 0 spiro atoms. The SMILES string of the molecule is C=C/C=C(\C1=C(C)CCC=C1)C(C)NP1(=[Se])Oc2ccc3ccccc3c2-c2c(ccc3ccccc23)O1. The van der Waals surface area contributed by atoms with Gasteiger partial charge in [0.2, 0.25) is 0 Å². The van der Waals surface area contributed by atoms with Crippen LogP contribution in [0.3, 0.4) is 0 Å². The Morgan fingerprint density at radius 2 is 1.50 bits per heavy atom. The molecule has 0 aromatic heterocycles. The molecule has 4 aromatic rings. The summed E-state index contributed by atoms with van der Waals surface area (Å²) in [6, 6.07) is 25.3. The normalized spacial score (nSPS) is 17.3. The van der Waals surface area contributed by atoms with Crippen LogP contribution in [0.25, 0.3) is 32.7 Å². The van der Waals surface area contributed by atoms with Crippen LogP contribution in [0.4, 0.5) is 0 Å². The third kappa shape index (κ3) is 4.53. The summed E-state index contributed by atoms with van der Waals surface area (Å²) in [5.74, 6) is 1.63. The summed E-state index contributed by atoms with van der Waals surface area (Å²) < 4.78 is 13.7. The molecule has 0 fully saturated rings. The Labute approximate surface area is 232 Å². The molecule has 0 saturated heterocycles. The first kappa shape index (κ1) is 25.2. The molecule has 38 heavy (non-hydrogen) atoms. The van der Waals surface area contributed by atoms with Gasteiger partial charge in [-0.1, -0.05) is 0 Å². The van der Waals surface area contributed by atoms with Gasteiger partial charge in [0, 0.05) is 0 Å². The van der Waals surface area contributed by atoms with E-state index in [4.69, 9.17) is 9.05 Å². The molecular formula is C33H30NO2PSe. The van der Waals surface area contributed by atoms with E-state index in [-0.39, 0.29) is 6.04 Å². The fraction of sp³-hybridized carbons (Fsp3) is 0.152. The summed E-state index contributed by atoms with van der Waals surface area (Å²) in [7, 11) is 0. The van der Waals surface area contributed by atoms with Crippen molar-refractivity contribution in [1.82, 2.24) is 5.09 Å². The molecule has 1 aliphatic heterocycles. The van der Waals surface area contributed by atoms with E-state index in [0.717, 1.165) is 46.2 Å². The zero-order valence-electron chi connectivity index (χ0n) is 21.6. The third-order valence-electron chi connectivity index (χ3n) is 7.33. The molecule has 0 saturated carbocycles. The van der Waals surface area contributed by atoms with E-state index in [9.17, 15) is 0 Å². The van der Waals surface area contributed by atoms with E-state index in [1.807, 2.05) is 6.08 Å². The molecule has 0 amide bonds. The molecule has 1 heterocycles. The Kier molecular flexibility index (Phi) is 6.76. The van der Waals surface area contributed by atoms with E-state index in [2.05, 4.69) is 132 Å². The zero-order chi connectivity index (χ0) is 26.3. The van der Waals surface area contributed by atoms with Crippen molar-refractivity contribution in [3.8, 4) is 22.6 Å². The average molecular weight is 583 g/mol. The Hall–Kier alpha value is -3.13. The van der Waals surface area contributed by atoms with Crippen LogP contribution >= 0.6 is 6.11 Å². The molecule has 1 N–H and O–H groups in total. The first-order valence-electron chi connectivity index (χ1n) is 13.0. The van der Waals surface area contributed by atoms with Crippen LogP contribution in [0.5, 0.6) is 11.5 Å². The van der Waals surface area contributed by atoms with Crippen LogP contribution in [0, 0.1) is 0 Å². The fourth-order valence-electron chi connectivity index (χ4n) is 5.52. The van der Waals surface area contributed by atoms with Crippen molar-refractivity contribution in [3.63, 3.8) is 0 Å². The van der Waals surface area contributed by atoms with Gasteiger partial charge in [-0.2, -0.15) is 0 Å². The van der Waals surface area contributed by atoms with Crippen LogP contribution in [0.2, 0.25) is 0 Å². The molecule has 1 unspecified atom stereocenters. The molecule has 4 aromatic carbocycles. The van der Waals surface area contributed by atoms with Gasteiger partial charge in [0.05, 0.1) is 0 Å². The van der Waals surface area contributed by atoms with E-state index in [0.29, 0.717) is 0 Å². The van der Waals surface area contributed by atoms with Gasteiger partial charge >= 0.3 is 233 Å². The summed E-state index contributed by atoms with van der Waals surface area (Å²) in [5, 5.41) is 8.38. The van der Waals surface area contributed by atoms with Crippen LogP contribution in [-0.4, -0.2) is 21.1 Å². The summed E-state index contributed by atoms with van der Waals surface area (Å²) in [4.78, 5) is 0. The van der Waals surface area contributed by atoms with Gasteiger partial charge in [-0.25, -0.2) is 0 Å².